The average molecular weight is 243 g/mol. The highest BCUT2D eigenvalue weighted by Gasteiger charge is 2.27. The van der Waals surface area contributed by atoms with E-state index in [1.54, 1.807) is 4.90 Å². The zero-order valence-electron chi connectivity index (χ0n) is 8.62. The van der Waals surface area contributed by atoms with Gasteiger partial charge in [-0.15, -0.1) is 0 Å². The van der Waals surface area contributed by atoms with Crippen LogP contribution in [0.15, 0.2) is 18.2 Å². The molecule has 16 heavy (non-hydrogen) atoms. The summed E-state index contributed by atoms with van der Waals surface area (Å²) in [5.41, 5.74) is 6.28. The van der Waals surface area contributed by atoms with E-state index in [0.29, 0.717) is 30.1 Å². The lowest BCUT2D eigenvalue weighted by Gasteiger charge is -2.16. The van der Waals surface area contributed by atoms with Gasteiger partial charge in [0.15, 0.2) is 0 Å². The van der Waals surface area contributed by atoms with Crippen molar-refractivity contribution in [2.75, 3.05) is 6.54 Å². The second kappa shape index (κ2) is 4.39. The number of hydrogen-bond donors (Lipinski definition) is 1. The number of likely N-dealkylation sites (tertiary alicyclic amines) is 1. The number of rotatable bonds is 2. The minimum absolute atomic E-state index is 0.00664. The van der Waals surface area contributed by atoms with Crippen LogP contribution in [0, 0.1) is 5.82 Å². The van der Waals surface area contributed by atoms with Gasteiger partial charge in [-0.2, -0.15) is 0 Å². The van der Waals surface area contributed by atoms with Crippen LogP contribution in [0.25, 0.3) is 0 Å². The van der Waals surface area contributed by atoms with Gasteiger partial charge < -0.3 is 10.6 Å². The van der Waals surface area contributed by atoms with Gasteiger partial charge in [0.2, 0.25) is 5.91 Å². The second-order valence-corrected chi connectivity index (χ2v) is 4.38. The maximum absolute atomic E-state index is 13.0. The normalized spacial score (nSPS) is 20.6. The number of halogens is 2. The van der Waals surface area contributed by atoms with E-state index < -0.39 is 0 Å². The molecule has 1 heterocycles. The largest absolute Gasteiger partial charge is 0.337 e. The third kappa shape index (κ3) is 2.33. The first-order valence-electron chi connectivity index (χ1n) is 5.03. The lowest BCUT2D eigenvalue weighted by atomic mass is 10.2. The maximum Gasteiger partial charge on any atom is 0.224 e. The summed E-state index contributed by atoms with van der Waals surface area (Å²) in [5, 5.41) is 0.467. The lowest BCUT2D eigenvalue weighted by molar-refractivity contribution is -0.128. The smallest absolute Gasteiger partial charge is 0.224 e. The molecule has 0 spiro atoms. The zero-order valence-corrected chi connectivity index (χ0v) is 9.38. The minimum Gasteiger partial charge on any atom is -0.337 e. The van der Waals surface area contributed by atoms with Crippen molar-refractivity contribution in [1.29, 1.82) is 0 Å². The Bertz CT molecular complexity index is 424. The van der Waals surface area contributed by atoms with Gasteiger partial charge >= 0.3 is 0 Å². The molecule has 1 unspecified atom stereocenters. The van der Waals surface area contributed by atoms with E-state index in [2.05, 4.69) is 0 Å². The molecule has 5 heteroatoms. The standard InChI is InChI=1S/C11H12ClFN2O/c12-10-2-1-8(13)3-7(10)5-15-6-9(14)4-11(15)16/h1-3,9H,4-6,14H2. The summed E-state index contributed by atoms with van der Waals surface area (Å²) in [6.07, 6.45) is 0.354. The van der Waals surface area contributed by atoms with Crippen LogP contribution in [0.2, 0.25) is 5.02 Å². The fourth-order valence-corrected chi connectivity index (χ4v) is 2.00. The number of benzene rings is 1. The highest BCUT2D eigenvalue weighted by Crippen LogP contribution is 2.21. The summed E-state index contributed by atoms with van der Waals surface area (Å²) in [6, 6.07) is 4.01. The number of carbonyl (C=O) groups is 1. The van der Waals surface area contributed by atoms with E-state index >= 15 is 0 Å². The van der Waals surface area contributed by atoms with E-state index in [-0.39, 0.29) is 17.8 Å². The number of hydrogen-bond acceptors (Lipinski definition) is 2. The van der Waals surface area contributed by atoms with E-state index in [0.717, 1.165) is 0 Å². The molecule has 1 atom stereocenters. The van der Waals surface area contributed by atoms with Crippen LogP contribution >= 0.6 is 11.6 Å². The van der Waals surface area contributed by atoms with Gasteiger partial charge in [-0.3, -0.25) is 4.79 Å². The van der Waals surface area contributed by atoms with Crippen LogP contribution in [0.4, 0.5) is 4.39 Å². The van der Waals surface area contributed by atoms with Crippen molar-refractivity contribution in [1.82, 2.24) is 4.90 Å². The van der Waals surface area contributed by atoms with Gasteiger partial charge in [-0.25, -0.2) is 4.39 Å². The molecule has 0 radical (unpaired) electrons. The first-order chi connectivity index (χ1) is 7.56. The van der Waals surface area contributed by atoms with Gasteiger partial charge in [0.1, 0.15) is 5.82 Å². The fraction of sp³-hybridized carbons (Fsp3) is 0.364. The Kier molecular flexibility index (Phi) is 3.12. The quantitative estimate of drug-likeness (QED) is 0.855. The van der Waals surface area contributed by atoms with Crippen LogP contribution in [-0.4, -0.2) is 23.4 Å². The van der Waals surface area contributed by atoms with Crippen molar-refractivity contribution >= 4 is 17.5 Å². The van der Waals surface area contributed by atoms with Crippen molar-refractivity contribution < 1.29 is 9.18 Å². The summed E-state index contributed by atoms with van der Waals surface area (Å²) in [7, 11) is 0. The molecule has 86 valence electrons. The Morgan fingerprint density at radius 1 is 1.56 bits per heavy atom. The molecule has 1 amide bonds. The molecule has 1 fully saturated rings. The van der Waals surface area contributed by atoms with Crippen LogP contribution < -0.4 is 5.73 Å². The Morgan fingerprint density at radius 2 is 2.31 bits per heavy atom. The molecular formula is C11H12ClFN2O. The molecule has 0 bridgehead atoms. The number of nitrogens with two attached hydrogens (primary N) is 1. The van der Waals surface area contributed by atoms with Gasteiger partial charge in [0, 0.05) is 30.6 Å². The van der Waals surface area contributed by atoms with Crippen molar-refractivity contribution in [3.63, 3.8) is 0 Å². The predicted molar refractivity (Wildman–Crippen MR) is 59.4 cm³/mol. The monoisotopic (exact) mass is 242 g/mol. The summed E-state index contributed by atoms with van der Waals surface area (Å²) < 4.78 is 13.0. The summed E-state index contributed by atoms with van der Waals surface area (Å²) in [5.74, 6) is -0.358. The van der Waals surface area contributed by atoms with E-state index in [1.165, 1.54) is 18.2 Å². The minimum atomic E-state index is -0.352. The summed E-state index contributed by atoms with van der Waals surface area (Å²) >= 11 is 5.92. The Morgan fingerprint density at radius 3 is 2.94 bits per heavy atom. The molecule has 0 saturated carbocycles. The third-order valence-electron chi connectivity index (χ3n) is 2.61. The number of amides is 1. The molecule has 2 N–H and O–H groups in total. The maximum atomic E-state index is 13.0. The molecule has 1 aromatic rings. The van der Waals surface area contributed by atoms with Crippen molar-refractivity contribution in [2.45, 2.75) is 19.0 Å². The summed E-state index contributed by atoms with van der Waals surface area (Å²) in [6.45, 7) is 0.828. The Labute approximate surface area is 98.0 Å². The SMILES string of the molecule is NC1CC(=O)N(Cc2cc(F)ccc2Cl)C1. The molecule has 1 aromatic carbocycles. The van der Waals surface area contributed by atoms with Crippen LogP contribution in [0.1, 0.15) is 12.0 Å². The lowest BCUT2D eigenvalue weighted by Crippen LogP contribution is -2.27. The highest BCUT2D eigenvalue weighted by atomic mass is 35.5. The number of carbonyl (C=O) groups excluding carboxylic acids is 1. The van der Waals surface area contributed by atoms with Gasteiger partial charge in [-0.05, 0) is 23.8 Å². The van der Waals surface area contributed by atoms with E-state index in [1.807, 2.05) is 0 Å². The number of nitrogens with zero attached hydrogens (tertiary/aromatic N) is 1. The third-order valence-corrected chi connectivity index (χ3v) is 2.98. The van der Waals surface area contributed by atoms with Crippen molar-refractivity contribution in [3.8, 4) is 0 Å². The Balaban J connectivity index is 2.15. The summed E-state index contributed by atoms with van der Waals surface area (Å²) in [4.78, 5) is 13.1. The van der Waals surface area contributed by atoms with Crippen LogP contribution in [-0.2, 0) is 11.3 Å². The highest BCUT2D eigenvalue weighted by molar-refractivity contribution is 6.31. The molecule has 2 rings (SSSR count). The molecule has 3 nitrogen and oxygen atoms in total. The fourth-order valence-electron chi connectivity index (χ4n) is 1.83. The van der Waals surface area contributed by atoms with Gasteiger partial charge in [0.25, 0.3) is 0 Å². The van der Waals surface area contributed by atoms with Crippen LogP contribution in [0.5, 0.6) is 0 Å². The van der Waals surface area contributed by atoms with Gasteiger partial charge in [0.05, 0.1) is 0 Å². The van der Waals surface area contributed by atoms with Crippen molar-refractivity contribution in [3.05, 3.63) is 34.6 Å². The topological polar surface area (TPSA) is 46.3 Å². The molecule has 1 saturated heterocycles. The second-order valence-electron chi connectivity index (χ2n) is 3.97. The molecule has 1 aliphatic heterocycles. The van der Waals surface area contributed by atoms with Gasteiger partial charge in [-0.1, -0.05) is 11.6 Å². The average Bonchev–Trinajstić information content (AvgIpc) is 2.51. The molecule has 0 aliphatic carbocycles. The molecule has 1 aliphatic rings. The van der Waals surface area contributed by atoms with Crippen LogP contribution in [0.3, 0.4) is 0 Å². The van der Waals surface area contributed by atoms with Crippen molar-refractivity contribution in [2.24, 2.45) is 5.73 Å². The first-order valence-corrected chi connectivity index (χ1v) is 5.41. The van der Waals surface area contributed by atoms with E-state index in [9.17, 15) is 9.18 Å². The first kappa shape index (κ1) is 11.4. The molecular weight excluding hydrogens is 231 g/mol. The Hall–Kier alpha value is -1.13. The zero-order chi connectivity index (χ0) is 11.7. The molecule has 0 aromatic heterocycles. The predicted octanol–water partition coefficient (Wildman–Crippen LogP) is 1.54. The van der Waals surface area contributed by atoms with E-state index in [4.69, 9.17) is 17.3 Å².